The summed E-state index contributed by atoms with van der Waals surface area (Å²) >= 11 is 3.33. The van der Waals surface area contributed by atoms with Gasteiger partial charge in [-0.2, -0.15) is 0 Å². The minimum absolute atomic E-state index is 0.200. The van der Waals surface area contributed by atoms with Crippen LogP contribution in [0.4, 0.5) is 5.13 Å². The van der Waals surface area contributed by atoms with Gasteiger partial charge >= 0.3 is 0 Å². The van der Waals surface area contributed by atoms with Crippen molar-refractivity contribution in [3.8, 4) is 22.8 Å². The Kier molecular flexibility index (Phi) is 3.83. The fourth-order valence-corrected chi connectivity index (χ4v) is 5.10. The first-order valence-corrected chi connectivity index (χ1v) is 10.0. The van der Waals surface area contributed by atoms with Gasteiger partial charge in [-0.1, -0.05) is 18.2 Å². The van der Waals surface area contributed by atoms with E-state index in [2.05, 4.69) is 22.4 Å². The van der Waals surface area contributed by atoms with Crippen molar-refractivity contribution in [2.24, 2.45) is 0 Å². The summed E-state index contributed by atoms with van der Waals surface area (Å²) in [6.07, 6.45) is 0. The summed E-state index contributed by atoms with van der Waals surface area (Å²) in [6.45, 7) is 1.02. The highest BCUT2D eigenvalue weighted by molar-refractivity contribution is 7.98. The number of amides is 1. The van der Waals surface area contributed by atoms with Crippen LogP contribution in [0.3, 0.4) is 0 Å². The van der Waals surface area contributed by atoms with E-state index in [1.165, 1.54) is 21.1 Å². The Morgan fingerprint density at radius 2 is 1.92 bits per heavy atom. The van der Waals surface area contributed by atoms with Crippen LogP contribution in [-0.4, -0.2) is 24.1 Å². The SMILES string of the molecule is O=C(Nc1nc2c(s1)CSc1ccccc1-2)c1ccc2c(c1)OCCO2. The molecule has 0 saturated carbocycles. The summed E-state index contributed by atoms with van der Waals surface area (Å²) in [4.78, 5) is 19.7. The molecule has 5 rings (SSSR count). The average molecular weight is 382 g/mol. The van der Waals surface area contributed by atoms with Crippen LogP contribution in [-0.2, 0) is 5.75 Å². The molecule has 3 heterocycles. The Labute approximate surface area is 158 Å². The van der Waals surface area contributed by atoms with Crippen molar-refractivity contribution in [1.29, 1.82) is 0 Å². The number of fused-ring (bicyclic) bond motifs is 4. The van der Waals surface area contributed by atoms with Crippen molar-refractivity contribution >= 4 is 34.1 Å². The maximum atomic E-state index is 12.6. The highest BCUT2D eigenvalue weighted by Crippen LogP contribution is 2.44. The summed E-state index contributed by atoms with van der Waals surface area (Å²) in [5, 5.41) is 3.53. The van der Waals surface area contributed by atoms with Crippen LogP contribution in [0.2, 0.25) is 0 Å². The Bertz CT molecular complexity index is 1020. The van der Waals surface area contributed by atoms with Gasteiger partial charge in [0, 0.05) is 26.7 Å². The van der Waals surface area contributed by atoms with Crippen LogP contribution in [0, 0.1) is 0 Å². The van der Waals surface area contributed by atoms with E-state index in [4.69, 9.17) is 9.47 Å². The molecule has 0 atom stereocenters. The average Bonchev–Trinajstić information content (AvgIpc) is 3.10. The number of nitrogens with zero attached hydrogens (tertiary/aromatic N) is 1. The standard InChI is InChI=1S/C19H14N2O3S2/c22-18(11-5-6-13-14(9-11)24-8-7-23-13)21-19-20-17-12-3-1-2-4-15(12)25-10-16(17)26-19/h1-6,9H,7-8,10H2,(H,20,21,22). The van der Waals surface area contributed by atoms with Crippen LogP contribution in [0.5, 0.6) is 11.5 Å². The molecule has 0 fully saturated rings. The molecule has 0 saturated heterocycles. The second-order valence-electron chi connectivity index (χ2n) is 5.89. The zero-order valence-electron chi connectivity index (χ0n) is 13.7. The molecule has 0 spiro atoms. The van der Waals surface area contributed by atoms with Crippen LogP contribution < -0.4 is 14.8 Å². The molecule has 130 valence electrons. The van der Waals surface area contributed by atoms with Crippen LogP contribution in [0.25, 0.3) is 11.3 Å². The molecule has 26 heavy (non-hydrogen) atoms. The normalized spacial score (nSPS) is 14.3. The molecular formula is C19H14N2O3S2. The molecule has 2 aliphatic heterocycles. The van der Waals surface area contributed by atoms with Gasteiger partial charge in [0.15, 0.2) is 16.6 Å². The number of thioether (sulfide) groups is 1. The van der Waals surface area contributed by atoms with Gasteiger partial charge in [-0.15, -0.1) is 23.1 Å². The predicted molar refractivity (Wildman–Crippen MR) is 102 cm³/mol. The molecule has 1 aromatic heterocycles. The minimum atomic E-state index is -0.200. The Hall–Kier alpha value is -2.51. The third kappa shape index (κ3) is 2.73. The molecule has 2 aliphatic rings. The molecule has 1 amide bonds. The molecule has 0 radical (unpaired) electrons. The summed E-state index contributed by atoms with van der Waals surface area (Å²) in [5.74, 6) is 1.96. The Morgan fingerprint density at radius 3 is 2.85 bits per heavy atom. The van der Waals surface area contributed by atoms with Crippen LogP contribution >= 0.6 is 23.1 Å². The number of carbonyl (C=O) groups excluding carboxylic acids is 1. The van der Waals surface area contributed by atoms with E-state index in [-0.39, 0.29) is 5.91 Å². The number of ether oxygens (including phenoxy) is 2. The summed E-state index contributed by atoms with van der Waals surface area (Å²) in [7, 11) is 0. The number of hydrogen-bond acceptors (Lipinski definition) is 6. The first-order valence-electron chi connectivity index (χ1n) is 8.21. The van der Waals surface area contributed by atoms with E-state index >= 15 is 0 Å². The number of benzene rings is 2. The van der Waals surface area contributed by atoms with Crippen molar-refractivity contribution in [2.45, 2.75) is 10.6 Å². The molecule has 7 heteroatoms. The zero-order valence-corrected chi connectivity index (χ0v) is 15.3. The van der Waals surface area contributed by atoms with E-state index in [0.29, 0.717) is 35.4 Å². The predicted octanol–water partition coefficient (Wildman–Crippen LogP) is 4.44. The molecule has 1 N–H and O–H groups in total. The monoisotopic (exact) mass is 382 g/mol. The fraction of sp³-hybridized carbons (Fsp3) is 0.158. The quantitative estimate of drug-likeness (QED) is 0.710. The third-order valence-corrected chi connectivity index (χ3v) is 6.48. The second-order valence-corrected chi connectivity index (χ2v) is 7.99. The summed E-state index contributed by atoms with van der Waals surface area (Å²) in [5.41, 5.74) is 2.63. The minimum Gasteiger partial charge on any atom is -0.486 e. The Morgan fingerprint density at radius 1 is 1.08 bits per heavy atom. The second kappa shape index (κ2) is 6.34. The highest BCUT2D eigenvalue weighted by Gasteiger charge is 2.22. The van der Waals surface area contributed by atoms with Gasteiger partial charge in [0.25, 0.3) is 5.91 Å². The van der Waals surface area contributed by atoms with E-state index < -0.39 is 0 Å². The molecular weight excluding hydrogens is 368 g/mol. The number of hydrogen-bond donors (Lipinski definition) is 1. The van der Waals surface area contributed by atoms with Crippen molar-refractivity contribution in [3.05, 3.63) is 52.9 Å². The Balaban J connectivity index is 1.41. The third-order valence-electron chi connectivity index (χ3n) is 4.22. The van der Waals surface area contributed by atoms with E-state index in [0.717, 1.165) is 17.0 Å². The first kappa shape index (κ1) is 15.7. The zero-order chi connectivity index (χ0) is 17.5. The highest BCUT2D eigenvalue weighted by atomic mass is 32.2. The maximum Gasteiger partial charge on any atom is 0.257 e. The number of aromatic nitrogens is 1. The lowest BCUT2D eigenvalue weighted by molar-refractivity contribution is 0.102. The van der Waals surface area contributed by atoms with E-state index in [1.807, 2.05) is 12.1 Å². The van der Waals surface area contributed by atoms with Gasteiger partial charge in [0.05, 0.1) is 5.69 Å². The van der Waals surface area contributed by atoms with Crippen molar-refractivity contribution < 1.29 is 14.3 Å². The number of carbonyl (C=O) groups is 1. The van der Waals surface area contributed by atoms with Gasteiger partial charge in [-0.3, -0.25) is 10.1 Å². The number of nitrogens with one attached hydrogen (secondary N) is 1. The summed E-state index contributed by atoms with van der Waals surface area (Å²) in [6, 6.07) is 13.4. The maximum absolute atomic E-state index is 12.6. The van der Waals surface area contributed by atoms with E-state index in [9.17, 15) is 4.79 Å². The van der Waals surface area contributed by atoms with Gasteiger partial charge in [0.2, 0.25) is 0 Å². The first-order chi connectivity index (χ1) is 12.8. The molecule has 0 aliphatic carbocycles. The van der Waals surface area contributed by atoms with Gasteiger partial charge in [-0.25, -0.2) is 4.98 Å². The lowest BCUT2D eigenvalue weighted by Crippen LogP contribution is -2.17. The van der Waals surface area contributed by atoms with Gasteiger partial charge in [-0.05, 0) is 24.3 Å². The van der Waals surface area contributed by atoms with Crippen LogP contribution in [0.1, 0.15) is 15.2 Å². The van der Waals surface area contributed by atoms with Gasteiger partial charge < -0.3 is 9.47 Å². The van der Waals surface area contributed by atoms with Crippen molar-refractivity contribution in [1.82, 2.24) is 4.98 Å². The summed E-state index contributed by atoms with van der Waals surface area (Å²) < 4.78 is 11.0. The fourth-order valence-electron chi connectivity index (χ4n) is 3.00. The molecule has 0 bridgehead atoms. The molecule has 2 aromatic carbocycles. The van der Waals surface area contributed by atoms with Crippen LogP contribution in [0.15, 0.2) is 47.4 Å². The number of thiazole rings is 1. The largest absolute Gasteiger partial charge is 0.486 e. The molecule has 3 aromatic rings. The van der Waals surface area contributed by atoms with Crippen molar-refractivity contribution in [3.63, 3.8) is 0 Å². The lowest BCUT2D eigenvalue weighted by Gasteiger charge is -2.18. The van der Waals surface area contributed by atoms with Gasteiger partial charge in [0.1, 0.15) is 13.2 Å². The molecule has 0 unspecified atom stereocenters. The van der Waals surface area contributed by atoms with Crippen molar-refractivity contribution in [2.75, 3.05) is 18.5 Å². The number of anilines is 1. The smallest absolute Gasteiger partial charge is 0.257 e. The molecule has 5 nitrogen and oxygen atoms in total. The lowest BCUT2D eigenvalue weighted by atomic mass is 10.1. The topological polar surface area (TPSA) is 60.5 Å². The number of rotatable bonds is 2. The van der Waals surface area contributed by atoms with E-state index in [1.54, 1.807) is 30.0 Å².